The molecule has 1 heterocycles. The quantitative estimate of drug-likeness (QED) is 0.500. The van der Waals surface area contributed by atoms with E-state index < -0.39 is 0 Å². The largest absolute Gasteiger partial charge is 0.353 e. The first kappa shape index (κ1) is 9.96. The maximum Gasteiger partial charge on any atom is 0.199 e. The number of carbonyl (C=O) groups is 1. The van der Waals surface area contributed by atoms with E-state index in [1.54, 1.807) is 6.07 Å². The highest BCUT2D eigenvalue weighted by Gasteiger charge is 2.01. The summed E-state index contributed by atoms with van der Waals surface area (Å²) in [6.45, 7) is 2.18. The van der Waals surface area contributed by atoms with Gasteiger partial charge in [0, 0.05) is 6.07 Å². The molecule has 0 aliphatic heterocycles. The number of rotatable bonds is 6. The molecule has 3 heteroatoms. The minimum absolute atomic E-state index is 0.325. The molecule has 0 aromatic carbocycles. The van der Waals surface area contributed by atoms with E-state index in [0.717, 1.165) is 18.5 Å². The standard InChI is InChI=1S/C10H15NO2/c1-2-3-4-5-6-9-7-10(8-12)13-11-9/h7-8H,2-6H2,1H3. The van der Waals surface area contributed by atoms with Crippen LogP contribution < -0.4 is 0 Å². The van der Waals surface area contributed by atoms with Crippen molar-refractivity contribution in [3.8, 4) is 0 Å². The van der Waals surface area contributed by atoms with E-state index in [9.17, 15) is 4.79 Å². The summed E-state index contributed by atoms with van der Waals surface area (Å²) in [5, 5.41) is 3.78. The summed E-state index contributed by atoms with van der Waals surface area (Å²) in [6.07, 6.45) is 6.44. The van der Waals surface area contributed by atoms with E-state index in [1.165, 1.54) is 19.3 Å². The van der Waals surface area contributed by atoms with Gasteiger partial charge >= 0.3 is 0 Å². The Bertz CT molecular complexity index is 255. The molecule has 0 aliphatic rings. The van der Waals surface area contributed by atoms with Gasteiger partial charge in [0.2, 0.25) is 0 Å². The molecule has 72 valence electrons. The highest BCUT2D eigenvalue weighted by Crippen LogP contribution is 2.07. The lowest BCUT2D eigenvalue weighted by atomic mass is 10.1. The van der Waals surface area contributed by atoms with Crippen molar-refractivity contribution < 1.29 is 9.32 Å². The Morgan fingerprint density at radius 2 is 2.31 bits per heavy atom. The molecular weight excluding hydrogens is 166 g/mol. The van der Waals surface area contributed by atoms with Crippen LogP contribution in [0.5, 0.6) is 0 Å². The fourth-order valence-electron chi connectivity index (χ4n) is 1.23. The molecule has 1 aromatic heterocycles. The molecule has 13 heavy (non-hydrogen) atoms. The van der Waals surface area contributed by atoms with Crippen LogP contribution in [-0.2, 0) is 6.42 Å². The zero-order chi connectivity index (χ0) is 9.52. The maximum absolute atomic E-state index is 10.3. The first-order valence-electron chi connectivity index (χ1n) is 4.77. The Labute approximate surface area is 78.1 Å². The highest BCUT2D eigenvalue weighted by atomic mass is 16.5. The summed E-state index contributed by atoms with van der Waals surface area (Å²) in [6, 6.07) is 1.71. The lowest BCUT2D eigenvalue weighted by Gasteiger charge is -1.94. The van der Waals surface area contributed by atoms with Crippen LogP contribution >= 0.6 is 0 Å². The Hall–Kier alpha value is -1.12. The van der Waals surface area contributed by atoms with Crippen molar-refractivity contribution in [2.24, 2.45) is 0 Å². The highest BCUT2D eigenvalue weighted by molar-refractivity contribution is 5.70. The Balaban J connectivity index is 2.24. The summed E-state index contributed by atoms with van der Waals surface area (Å²) < 4.78 is 4.75. The van der Waals surface area contributed by atoms with E-state index in [0.29, 0.717) is 12.0 Å². The van der Waals surface area contributed by atoms with E-state index in [4.69, 9.17) is 4.52 Å². The third-order valence-corrected chi connectivity index (χ3v) is 1.98. The maximum atomic E-state index is 10.3. The van der Waals surface area contributed by atoms with Crippen LogP contribution in [-0.4, -0.2) is 11.4 Å². The monoisotopic (exact) mass is 181 g/mol. The molecule has 1 aromatic rings. The topological polar surface area (TPSA) is 43.1 Å². The third-order valence-electron chi connectivity index (χ3n) is 1.98. The lowest BCUT2D eigenvalue weighted by Crippen LogP contribution is -1.84. The van der Waals surface area contributed by atoms with Crippen LogP contribution in [0.25, 0.3) is 0 Å². The Kier molecular flexibility index (Phi) is 4.23. The van der Waals surface area contributed by atoms with E-state index in [2.05, 4.69) is 12.1 Å². The van der Waals surface area contributed by atoms with Gasteiger partial charge in [0.1, 0.15) is 0 Å². The first-order chi connectivity index (χ1) is 6.36. The summed E-state index contributed by atoms with van der Waals surface area (Å²) in [5.74, 6) is 0.325. The van der Waals surface area contributed by atoms with Gasteiger partial charge in [0.25, 0.3) is 0 Å². The number of carbonyl (C=O) groups excluding carboxylic acids is 1. The second-order valence-corrected chi connectivity index (χ2v) is 3.15. The molecule has 0 N–H and O–H groups in total. The number of aryl methyl sites for hydroxylation is 1. The van der Waals surface area contributed by atoms with Gasteiger partial charge in [-0.25, -0.2) is 0 Å². The number of hydrogen-bond donors (Lipinski definition) is 0. The Morgan fingerprint density at radius 1 is 1.46 bits per heavy atom. The van der Waals surface area contributed by atoms with Gasteiger partial charge in [-0.3, -0.25) is 4.79 Å². The zero-order valence-corrected chi connectivity index (χ0v) is 7.95. The summed E-state index contributed by atoms with van der Waals surface area (Å²) in [7, 11) is 0. The summed E-state index contributed by atoms with van der Waals surface area (Å²) in [5.41, 5.74) is 0.887. The molecule has 0 saturated heterocycles. The van der Waals surface area contributed by atoms with Crippen LogP contribution in [0.1, 0.15) is 48.9 Å². The van der Waals surface area contributed by atoms with Gasteiger partial charge in [-0.1, -0.05) is 31.3 Å². The van der Waals surface area contributed by atoms with Gasteiger partial charge < -0.3 is 4.52 Å². The van der Waals surface area contributed by atoms with Crippen LogP contribution in [0.4, 0.5) is 0 Å². The van der Waals surface area contributed by atoms with Crippen molar-refractivity contribution in [1.29, 1.82) is 0 Å². The van der Waals surface area contributed by atoms with Gasteiger partial charge in [-0.2, -0.15) is 0 Å². The average molecular weight is 181 g/mol. The smallest absolute Gasteiger partial charge is 0.199 e. The molecule has 0 spiro atoms. The third kappa shape index (κ3) is 3.40. The number of nitrogens with zero attached hydrogens (tertiary/aromatic N) is 1. The SMILES string of the molecule is CCCCCCc1cc(C=O)on1. The predicted molar refractivity (Wildman–Crippen MR) is 49.7 cm³/mol. The van der Waals surface area contributed by atoms with Crippen molar-refractivity contribution >= 4 is 6.29 Å². The number of unbranched alkanes of at least 4 members (excludes halogenated alkanes) is 3. The molecule has 0 unspecified atom stereocenters. The predicted octanol–water partition coefficient (Wildman–Crippen LogP) is 2.61. The molecule has 0 aliphatic carbocycles. The lowest BCUT2D eigenvalue weighted by molar-refractivity contribution is 0.109. The first-order valence-corrected chi connectivity index (χ1v) is 4.77. The van der Waals surface area contributed by atoms with Crippen molar-refractivity contribution in [3.63, 3.8) is 0 Å². The summed E-state index contributed by atoms with van der Waals surface area (Å²) in [4.78, 5) is 10.3. The number of hydrogen-bond acceptors (Lipinski definition) is 3. The summed E-state index contributed by atoms with van der Waals surface area (Å²) >= 11 is 0. The van der Waals surface area contributed by atoms with Gasteiger partial charge in [-0.05, 0) is 12.8 Å². The molecule has 0 fully saturated rings. The number of aldehydes is 1. The molecule has 0 saturated carbocycles. The normalized spacial score (nSPS) is 10.2. The zero-order valence-electron chi connectivity index (χ0n) is 7.95. The van der Waals surface area contributed by atoms with E-state index >= 15 is 0 Å². The van der Waals surface area contributed by atoms with Crippen molar-refractivity contribution in [3.05, 3.63) is 17.5 Å². The molecule has 1 rings (SSSR count). The van der Waals surface area contributed by atoms with Crippen molar-refractivity contribution in [1.82, 2.24) is 5.16 Å². The second-order valence-electron chi connectivity index (χ2n) is 3.15. The minimum atomic E-state index is 0.325. The molecule has 3 nitrogen and oxygen atoms in total. The number of aromatic nitrogens is 1. The fourth-order valence-corrected chi connectivity index (χ4v) is 1.23. The second kappa shape index (κ2) is 5.51. The van der Waals surface area contributed by atoms with E-state index in [-0.39, 0.29) is 0 Å². The van der Waals surface area contributed by atoms with Crippen LogP contribution in [0.2, 0.25) is 0 Å². The van der Waals surface area contributed by atoms with Crippen LogP contribution in [0.3, 0.4) is 0 Å². The van der Waals surface area contributed by atoms with Crippen molar-refractivity contribution in [2.45, 2.75) is 39.0 Å². The van der Waals surface area contributed by atoms with Crippen LogP contribution in [0.15, 0.2) is 10.6 Å². The minimum Gasteiger partial charge on any atom is -0.353 e. The molecule has 0 bridgehead atoms. The average Bonchev–Trinajstić information content (AvgIpc) is 2.60. The molecule has 0 atom stereocenters. The molecule has 0 amide bonds. The van der Waals surface area contributed by atoms with Gasteiger partial charge in [0.05, 0.1) is 5.69 Å². The van der Waals surface area contributed by atoms with Crippen LogP contribution in [0, 0.1) is 0 Å². The fraction of sp³-hybridized carbons (Fsp3) is 0.600. The molecule has 0 radical (unpaired) electrons. The van der Waals surface area contributed by atoms with E-state index in [1.807, 2.05) is 0 Å². The van der Waals surface area contributed by atoms with Crippen molar-refractivity contribution in [2.75, 3.05) is 0 Å². The molecular formula is C10H15NO2. The van der Waals surface area contributed by atoms with Gasteiger partial charge in [-0.15, -0.1) is 0 Å². The van der Waals surface area contributed by atoms with Gasteiger partial charge in [0.15, 0.2) is 12.0 Å². The Morgan fingerprint density at radius 3 is 2.92 bits per heavy atom.